The number of hydrogen-bond donors (Lipinski definition) is 0. The first-order valence-corrected chi connectivity index (χ1v) is 11.7. The quantitative estimate of drug-likeness (QED) is 0.176. The molecule has 2 saturated carbocycles. The Balaban J connectivity index is 1.49. The number of carbonyl (C=O) groups is 1. The summed E-state index contributed by atoms with van der Waals surface area (Å²) >= 11 is 0. The van der Waals surface area contributed by atoms with Gasteiger partial charge in [0.2, 0.25) is 0 Å². The minimum Gasteiger partial charge on any atom is -0.459 e. The number of halogens is 4. The number of alkyl halides is 2. The van der Waals surface area contributed by atoms with Crippen LogP contribution >= 0.6 is 0 Å². The lowest BCUT2D eigenvalue weighted by atomic mass is 9.69. The molecule has 7 heteroatoms. The molecule has 0 heterocycles. The van der Waals surface area contributed by atoms with Crippen LogP contribution in [0.5, 0.6) is 11.5 Å². The fraction of sp³-hybridized carbons (Fsp3) is 0.640. The SMILES string of the molecule is CCCC1CCC(C2CCC(C(=O)Oc3cc(F)c(OC=CC(F)F)c(F)c3)CC2)CC1. The molecule has 0 spiro atoms. The Kier molecular flexibility index (Phi) is 9.00. The fourth-order valence-corrected chi connectivity index (χ4v) is 5.26. The van der Waals surface area contributed by atoms with Crippen molar-refractivity contribution in [2.75, 3.05) is 0 Å². The Morgan fingerprint density at radius 3 is 2.09 bits per heavy atom. The van der Waals surface area contributed by atoms with E-state index < -0.39 is 29.8 Å². The van der Waals surface area contributed by atoms with Gasteiger partial charge in [0.05, 0.1) is 12.2 Å². The van der Waals surface area contributed by atoms with Gasteiger partial charge in [-0.2, -0.15) is 0 Å². The summed E-state index contributed by atoms with van der Waals surface area (Å²) in [5.41, 5.74) is 0. The molecule has 0 N–H and O–H groups in total. The number of benzene rings is 1. The summed E-state index contributed by atoms with van der Waals surface area (Å²) < 4.78 is 62.2. The molecule has 0 bridgehead atoms. The maximum Gasteiger partial charge on any atom is 0.314 e. The first-order chi connectivity index (χ1) is 15.4. The molecule has 3 rings (SSSR count). The molecule has 0 atom stereocenters. The molecule has 0 saturated heterocycles. The second-order valence-corrected chi connectivity index (χ2v) is 9.10. The Morgan fingerprint density at radius 1 is 1.00 bits per heavy atom. The van der Waals surface area contributed by atoms with Crippen LogP contribution in [-0.4, -0.2) is 12.4 Å². The first kappa shape index (κ1) is 24.6. The molecule has 178 valence electrons. The van der Waals surface area contributed by atoms with Gasteiger partial charge < -0.3 is 9.47 Å². The van der Waals surface area contributed by atoms with Crippen molar-refractivity contribution in [1.82, 2.24) is 0 Å². The standard InChI is InChI=1S/C25H32F4O3/c1-2-3-16-4-6-17(7-5-16)18-8-10-19(11-9-18)25(30)32-20-14-21(26)24(22(27)15-20)31-13-12-23(28)29/h12-19,23H,2-11H2,1H3. The highest BCUT2D eigenvalue weighted by molar-refractivity contribution is 5.75. The van der Waals surface area contributed by atoms with Gasteiger partial charge >= 0.3 is 5.97 Å². The Labute approximate surface area is 187 Å². The monoisotopic (exact) mass is 456 g/mol. The summed E-state index contributed by atoms with van der Waals surface area (Å²) in [4.78, 5) is 12.5. The van der Waals surface area contributed by atoms with E-state index >= 15 is 0 Å². The van der Waals surface area contributed by atoms with Crippen molar-refractivity contribution in [2.24, 2.45) is 23.7 Å². The molecule has 0 aromatic heterocycles. The first-order valence-electron chi connectivity index (χ1n) is 11.7. The lowest BCUT2D eigenvalue weighted by Gasteiger charge is -2.37. The van der Waals surface area contributed by atoms with Gasteiger partial charge in [-0.05, 0) is 56.3 Å². The maximum absolute atomic E-state index is 14.1. The van der Waals surface area contributed by atoms with Crippen molar-refractivity contribution in [3.05, 3.63) is 36.1 Å². The molecule has 2 aliphatic rings. The highest BCUT2D eigenvalue weighted by atomic mass is 19.3. The van der Waals surface area contributed by atoms with E-state index in [1.54, 1.807) is 0 Å². The number of esters is 1. The average Bonchev–Trinajstić information content (AvgIpc) is 2.76. The highest BCUT2D eigenvalue weighted by Gasteiger charge is 2.33. The van der Waals surface area contributed by atoms with Gasteiger partial charge in [0.15, 0.2) is 17.4 Å². The third kappa shape index (κ3) is 6.72. The fourth-order valence-electron chi connectivity index (χ4n) is 5.26. The second-order valence-electron chi connectivity index (χ2n) is 9.10. The minimum absolute atomic E-state index is 0.258. The van der Waals surface area contributed by atoms with Crippen LogP contribution in [0.4, 0.5) is 17.6 Å². The lowest BCUT2D eigenvalue weighted by Crippen LogP contribution is -2.30. The van der Waals surface area contributed by atoms with Crippen LogP contribution in [0, 0.1) is 35.3 Å². The molecule has 0 unspecified atom stereocenters. The van der Waals surface area contributed by atoms with Crippen molar-refractivity contribution >= 4 is 5.97 Å². The molecular formula is C25H32F4O3. The zero-order chi connectivity index (χ0) is 23.1. The third-order valence-electron chi connectivity index (χ3n) is 6.96. The summed E-state index contributed by atoms with van der Waals surface area (Å²) in [5.74, 6) is -1.84. The van der Waals surface area contributed by atoms with Crippen molar-refractivity contribution in [1.29, 1.82) is 0 Å². The molecule has 0 radical (unpaired) electrons. The number of hydrogen-bond acceptors (Lipinski definition) is 3. The Morgan fingerprint density at radius 2 is 1.56 bits per heavy atom. The number of rotatable bonds is 8. The largest absolute Gasteiger partial charge is 0.459 e. The van der Waals surface area contributed by atoms with Gasteiger partial charge in [-0.25, -0.2) is 17.6 Å². The summed E-state index contributed by atoms with van der Waals surface area (Å²) in [5, 5.41) is 0. The smallest absolute Gasteiger partial charge is 0.314 e. The van der Waals surface area contributed by atoms with Gasteiger partial charge in [0, 0.05) is 18.2 Å². The Bertz CT molecular complexity index is 756. The van der Waals surface area contributed by atoms with Crippen molar-refractivity contribution in [3.8, 4) is 11.5 Å². The zero-order valence-corrected chi connectivity index (χ0v) is 18.5. The van der Waals surface area contributed by atoms with Crippen LogP contribution in [0.25, 0.3) is 0 Å². The van der Waals surface area contributed by atoms with Gasteiger partial charge in [-0.1, -0.05) is 32.6 Å². The summed E-state index contributed by atoms with van der Waals surface area (Å²) in [6.45, 7) is 2.24. The predicted octanol–water partition coefficient (Wildman–Crippen LogP) is 7.44. The van der Waals surface area contributed by atoms with Crippen LogP contribution in [0.3, 0.4) is 0 Å². The van der Waals surface area contributed by atoms with Crippen LogP contribution in [-0.2, 0) is 4.79 Å². The number of ether oxygens (including phenoxy) is 2. The van der Waals surface area contributed by atoms with Crippen molar-refractivity contribution in [2.45, 2.75) is 77.6 Å². The molecule has 32 heavy (non-hydrogen) atoms. The van der Waals surface area contributed by atoms with Crippen LogP contribution in [0.15, 0.2) is 24.5 Å². The van der Waals surface area contributed by atoms with E-state index in [4.69, 9.17) is 4.74 Å². The molecule has 2 aliphatic carbocycles. The van der Waals surface area contributed by atoms with Gasteiger partial charge in [-0.3, -0.25) is 4.79 Å². The number of carbonyl (C=O) groups excluding carboxylic acids is 1. The van der Waals surface area contributed by atoms with Crippen LogP contribution < -0.4 is 9.47 Å². The molecule has 1 aromatic carbocycles. The van der Waals surface area contributed by atoms with E-state index in [1.807, 2.05) is 0 Å². The lowest BCUT2D eigenvalue weighted by molar-refractivity contribution is -0.140. The van der Waals surface area contributed by atoms with E-state index in [0.29, 0.717) is 18.3 Å². The molecular weight excluding hydrogens is 424 g/mol. The Hall–Kier alpha value is -2.05. The van der Waals surface area contributed by atoms with E-state index in [2.05, 4.69) is 11.7 Å². The van der Waals surface area contributed by atoms with Gasteiger partial charge in [-0.15, -0.1) is 0 Å². The van der Waals surface area contributed by atoms with Crippen molar-refractivity contribution in [3.63, 3.8) is 0 Å². The maximum atomic E-state index is 14.1. The molecule has 3 nitrogen and oxygen atoms in total. The average molecular weight is 457 g/mol. The minimum atomic E-state index is -2.80. The zero-order valence-electron chi connectivity index (χ0n) is 18.5. The van der Waals surface area contributed by atoms with Crippen LogP contribution in [0.1, 0.15) is 71.1 Å². The summed E-state index contributed by atoms with van der Waals surface area (Å²) in [6, 6.07) is 1.65. The van der Waals surface area contributed by atoms with Gasteiger partial charge in [0.25, 0.3) is 6.43 Å². The predicted molar refractivity (Wildman–Crippen MR) is 114 cm³/mol. The second kappa shape index (κ2) is 11.7. The van der Waals surface area contributed by atoms with E-state index in [1.165, 1.54) is 38.5 Å². The number of allylic oxidation sites excluding steroid dienone is 1. The van der Waals surface area contributed by atoms with E-state index in [0.717, 1.165) is 49.7 Å². The van der Waals surface area contributed by atoms with Gasteiger partial charge in [0.1, 0.15) is 5.75 Å². The third-order valence-corrected chi connectivity index (χ3v) is 6.96. The van der Waals surface area contributed by atoms with Crippen LogP contribution in [0.2, 0.25) is 0 Å². The molecule has 2 fully saturated rings. The van der Waals surface area contributed by atoms with Crippen molar-refractivity contribution < 1.29 is 31.8 Å². The normalized spacial score (nSPS) is 26.4. The molecule has 0 aliphatic heterocycles. The molecule has 0 amide bonds. The van der Waals surface area contributed by atoms with E-state index in [-0.39, 0.29) is 11.7 Å². The summed E-state index contributed by atoms with van der Waals surface area (Å²) in [7, 11) is 0. The topological polar surface area (TPSA) is 35.5 Å². The molecule has 1 aromatic rings. The van der Waals surface area contributed by atoms with E-state index in [9.17, 15) is 22.4 Å². The highest BCUT2D eigenvalue weighted by Crippen LogP contribution is 2.42. The summed E-state index contributed by atoms with van der Waals surface area (Å²) in [6.07, 6.45) is 9.27.